The van der Waals surface area contributed by atoms with Gasteiger partial charge in [-0.2, -0.15) is 0 Å². The van der Waals surface area contributed by atoms with Gasteiger partial charge in [0.15, 0.2) is 0 Å². The van der Waals surface area contributed by atoms with Gasteiger partial charge in [-0.3, -0.25) is 14.4 Å². The maximum atomic E-state index is 12.8. The van der Waals surface area contributed by atoms with E-state index in [4.69, 9.17) is 11.6 Å². The summed E-state index contributed by atoms with van der Waals surface area (Å²) < 4.78 is 0. The topological polar surface area (TPSA) is 66.5 Å². The van der Waals surface area contributed by atoms with Crippen molar-refractivity contribution in [2.24, 2.45) is 23.7 Å². The lowest BCUT2D eigenvalue weighted by molar-refractivity contribution is -0.123. The Hall–Kier alpha value is -2.14. The fraction of sp³-hybridized carbons (Fsp3) is 0.353. The molecule has 1 saturated carbocycles. The molecule has 1 N–H and O–H groups in total. The summed E-state index contributed by atoms with van der Waals surface area (Å²) in [6.07, 6.45) is 5.02. The summed E-state index contributed by atoms with van der Waals surface area (Å²) in [6, 6.07) is 4.80. The van der Waals surface area contributed by atoms with Crippen LogP contribution in [0.2, 0.25) is 5.02 Å². The van der Waals surface area contributed by atoms with E-state index in [0.29, 0.717) is 16.4 Å². The van der Waals surface area contributed by atoms with Gasteiger partial charge in [-0.1, -0.05) is 23.8 Å². The molecule has 5 nitrogen and oxygen atoms in total. The van der Waals surface area contributed by atoms with Crippen molar-refractivity contribution in [3.63, 3.8) is 0 Å². The van der Waals surface area contributed by atoms with Gasteiger partial charge in [-0.05, 0) is 36.5 Å². The molecule has 4 rings (SSSR count). The zero-order valence-corrected chi connectivity index (χ0v) is 13.2. The van der Waals surface area contributed by atoms with Crippen LogP contribution in [0.15, 0.2) is 30.4 Å². The number of carbonyl (C=O) groups excluding carboxylic acids is 3. The normalized spacial score (nSPS) is 31.0. The van der Waals surface area contributed by atoms with E-state index in [-0.39, 0.29) is 41.4 Å². The molecule has 2 aliphatic carbocycles. The highest BCUT2D eigenvalue weighted by Gasteiger charge is 2.59. The molecular formula is C17H15ClN2O3. The number of anilines is 2. The Balaban J connectivity index is 1.70. The predicted octanol–water partition coefficient (Wildman–Crippen LogP) is 2.61. The summed E-state index contributed by atoms with van der Waals surface area (Å²) in [7, 11) is 0. The van der Waals surface area contributed by atoms with Crippen molar-refractivity contribution < 1.29 is 14.4 Å². The van der Waals surface area contributed by atoms with Crippen molar-refractivity contribution >= 4 is 40.7 Å². The SMILES string of the molecule is CC(=O)Nc1cc(N2C(=O)C3C4C=CC(C4)C3C2=O)ccc1Cl. The molecule has 1 aliphatic heterocycles. The molecule has 1 aromatic carbocycles. The third-order valence-corrected chi connectivity index (χ3v) is 5.32. The van der Waals surface area contributed by atoms with Crippen LogP contribution in [0.25, 0.3) is 0 Å². The minimum atomic E-state index is -0.262. The summed E-state index contributed by atoms with van der Waals surface area (Å²) in [5.74, 6) is -0.681. The second kappa shape index (κ2) is 4.93. The van der Waals surface area contributed by atoms with Crippen molar-refractivity contribution in [1.29, 1.82) is 0 Å². The van der Waals surface area contributed by atoms with E-state index in [2.05, 4.69) is 17.5 Å². The van der Waals surface area contributed by atoms with Gasteiger partial charge in [-0.15, -0.1) is 0 Å². The standard InChI is InChI=1S/C17H15ClN2O3/c1-8(21)19-13-7-11(4-5-12(13)18)20-16(22)14-9-2-3-10(6-9)15(14)17(20)23/h2-5,7,9-10,14-15H,6H2,1H3,(H,19,21). The Morgan fingerprint density at radius 2 is 1.78 bits per heavy atom. The van der Waals surface area contributed by atoms with Crippen LogP contribution in [-0.4, -0.2) is 17.7 Å². The number of hydrogen-bond acceptors (Lipinski definition) is 3. The van der Waals surface area contributed by atoms with Crippen LogP contribution in [0.4, 0.5) is 11.4 Å². The van der Waals surface area contributed by atoms with E-state index in [0.717, 1.165) is 6.42 Å². The highest BCUT2D eigenvalue weighted by Crippen LogP contribution is 2.53. The predicted molar refractivity (Wildman–Crippen MR) is 86.0 cm³/mol. The van der Waals surface area contributed by atoms with Gasteiger partial charge < -0.3 is 5.32 Å². The lowest BCUT2D eigenvalue weighted by Crippen LogP contribution is -2.32. The number of amides is 3. The van der Waals surface area contributed by atoms with Gasteiger partial charge in [0.2, 0.25) is 17.7 Å². The van der Waals surface area contributed by atoms with Crippen LogP contribution < -0.4 is 10.2 Å². The van der Waals surface area contributed by atoms with E-state index in [1.54, 1.807) is 18.2 Å². The molecule has 4 unspecified atom stereocenters. The van der Waals surface area contributed by atoms with Crippen LogP contribution in [0.1, 0.15) is 13.3 Å². The van der Waals surface area contributed by atoms with E-state index in [1.807, 2.05) is 0 Å². The molecular weight excluding hydrogens is 316 g/mol. The van der Waals surface area contributed by atoms with Crippen LogP contribution >= 0.6 is 11.6 Å². The number of nitrogens with one attached hydrogen (secondary N) is 1. The van der Waals surface area contributed by atoms with Gasteiger partial charge in [-0.25, -0.2) is 4.90 Å². The van der Waals surface area contributed by atoms with Crippen molar-refractivity contribution in [2.75, 3.05) is 10.2 Å². The molecule has 23 heavy (non-hydrogen) atoms. The van der Waals surface area contributed by atoms with Gasteiger partial charge in [0, 0.05) is 6.92 Å². The van der Waals surface area contributed by atoms with E-state index in [9.17, 15) is 14.4 Å². The number of fused-ring (bicyclic) bond motifs is 5. The fourth-order valence-electron chi connectivity index (χ4n) is 4.09. The second-order valence-corrected chi connectivity index (χ2v) is 6.76. The first-order valence-corrected chi connectivity index (χ1v) is 7.98. The third kappa shape index (κ3) is 2.03. The maximum absolute atomic E-state index is 12.8. The number of nitrogens with zero attached hydrogens (tertiary/aromatic N) is 1. The first kappa shape index (κ1) is 14.5. The van der Waals surface area contributed by atoms with Gasteiger partial charge in [0.05, 0.1) is 28.2 Å². The van der Waals surface area contributed by atoms with Crippen LogP contribution in [0.5, 0.6) is 0 Å². The zero-order chi connectivity index (χ0) is 16.3. The molecule has 0 spiro atoms. The van der Waals surface area contributed by atoms with Crippen LogP contribution in [-0.2, 0) is 14.4 Å². The average Bonchev–Trinajstić information content (AvgIpc) is 3.16. The monoisotopic (exact) mass is 330 g/mol. The number of benzene rings is 1. The molecule has 1 aromatic rings. The molecule has 0 radical (unpaired) electrons. The van der Waals surface area contributed by atoms with Crippen molar-refractivity contribution in [3.8, 4) is 0 Å². The molecule has 2 fully saturated rings. The first-order valence-electron chi connectivity index (χ1n) is 7.60. The van der Waals surface area contributed by atoms with Crippen molar-refractivity contribution in [3.05, 3.63) is 35.4 Å². The smallest absolute Gasteiger partial charge is 0.238 e. The number of hydrogen-bond donors (Lipinski definition) is 1. The zero-order valence-electron chi connectivity index (χ0n) is 12.5. The van der Waals surface area contributed by atoms with Gasteiger partial charge >= 0.3 is 0 Å². The molecule has 2 bridgehead atoms. The number of carbonyl (C=O) groups is 3. The molecule has 3 aliphatic rings. The largest absolute Gasteiger partial charge is 0.325 e. The average molecular weight is 331 g/mol. The fourth-order valence-corrected chi connectivity index (χ4v) is 4.26. The van der Waals surface area contributed by atoms with Gasteiger partial charge in [0.1, 0.15) is 0 Å². The lowest BCUT2D eigenvalue weighted by atomic mass is 9.85. The molecule has 6 heteroatoms. The first-order chi connectivity index (χ1) is 11.0. The van der Waals surface area contributed by atoms with Crippen molar-refractivity contribution in [2.45, 2.75) is 13.3 Å². The highest BCUT2D eigenvalue weighted by atomic mass is 35.5. The Bertz CT molecular complexity index is 743. The molecule has 0 aromatic heterocycles. The van der Waals surface area contributed by atoms with Crippen LogP contribution in [0, 0.1) is 23.7 Å². The Kier molecular flexibility index (Phi) is 3.10. The van der Waals surface area contributed by atoms with Crippen molar-refractivity contribution in [1.82, 2.24) is 0 Å². The third-order valence-electron chi connectivity index (χ3n) is 4.99. The Morgan fingerprint density at radius 1 is 1.17 bits per heavy atom. The quantitative estimate of drug-likeness (QED) is 0.669. The van der Waals surface area contributed by atoms with Crippen LogP contribution in [0.3, 0.4) is 0 Å². The summed E-state index contributed by atoms with van der Waals surface area (Å²) in [4.78, 5) is 38.0. The summed E-state index contributed by atoms with van der Waals surface area (Å²) in [5.41, 5.74) is 0.859. The number of allylic oxidation sites excluding steroid dienone is 2. The Labute approximate surface area is 138 Å². The minimum absolute atomic E-state index is 0.145. The maximum Gasteiger partial charge on any atom is 0.238 e. The molecule has 4 atom stereocenters. The highest BCUT2D eigenvalue weighted by molar-refractivity contribution is 6.34. The molecule has 118 valence electrons. The lowest BCUT2D eigenvalue weighted by Gasteiger charge is -2.18. The Morgan fingerprint density at radius 3 is 2.35 bits per heavy atom. The van der Waals surface area contributed by atoms with E-state index < -0.39 is 0 Å². The van der Waals surface area contributed by atoms with E-state index >= 15 is 0 Å². The minimum Gasteiger partial charge on any atom is -0.325 e. The molecule has 1 saturated heterocycles. The molecule has 1 heterocycles. The number of halogens is 1. The summed E-state index contributed by atoms with van der Waals surface area (Å²) in [6.45, 7) is 1.38. The number of imide groups is 1. The summed E-state index contributed by atoms with van der Waals surface area (Å²) in [5, 5.41) is 2.98. The molecule has 3 amide bonds. The van der Waals surface area contributed by atoms with E-state index in [1.165, 1.54) is 11.8 Å². The van der Waals surface area contributed by atoms with Gasteiger partial charge in [0.25, 0.3) is 0 Å². The summed E-state index contributed by atoms with van der Waals surface area (Å²) >= 11 is 6.06. The number of rotatable bonds is 2. The second-order valence-electron chi connectivity index (χ2n) is 6.36.